The van der Waals surface area contributed by atoms with Crippen molar-refractivity contribution in [3.05, 3.63) is 78.1 Å². The fraction of sp³-hybridized carbons (Fsp3) is 0.564. The average molecular weight is 734 g/mol. The second-order valence-electron chi connectivity index (χ2n) is 16.6. The number of ether oxygens (including phenoxy) is 3. The van der Waals surface area contributed by atoms with Crippen LogP contribution in [0.2, 0.25) is 36.3 Å². The van der Waals surface area contributed by atoms with Crippen molar-refractivity contribution in [3.63, 3.8) is 0 Å². The molecule has 2 aromatic carbocycles. The molecule has 278 valence electrons. The molecule has 3 atom stereocenters. The van der Waals surface area contributed by atoms with Crippen LogP contribution in [0.1, 0.15) is 71.7 Å². The molecule has 1 aliphatic rings. The van der Waals surface area contributed by atoms with E-state index >= 15 is 0 Å². The molecule has 0 unspecified atom stereocenters. The summed E-state index contributed by atoms with van der Waals surface area (Å²) in [4.78, 5) is 14.5. The van der Waals surface area contributed by atoms with Crippen molar-refractivity contribution in [1.29, 1.82) is 0 Å². The van der Waals surface area contributed by atoms with Crippen molar-refractivity contribution in [2.45, 2.75) is 122 Å². The van der Waals surface area contributed by atoms with E-state index in [0.29, 0.717) is 62.4 Å². The molecule has 0 aliphatic carbocycles. The summed E-state index contributed by atoms with van der Waals surface area (Å²) in [6, 6.07) is 20.3. The number of nitrogens with one attached hydrogen (secondary N) is 1. The summed E-state index contributed by atoms with van der Waals surface area (Å²) >= 11 is 0. The number of hydrogen-bond acceptors (Lipinski definition) is 9. The van der Waals surface area contributed by atoms with Crippen molar-refractivity contribution >= 4 is 33.7 Å². The summed E-state index contributed by atoms with van der Waals surface area (Å²) in [5, 5.41) is 3.55. The smallest absolute Gasteiger partial charge is 0.247 e. The van der Waals surface area contributed by atoms with Gasteiger partial charge < -0.3 is 28.4 Å². The molecule has 1 N–H and O–H groups in total. The van der Waals surface area contributed by atoms with Crippen LogP contribution in [-0.4, -0.2) is 68.1 Å². The van der Waals surface area contributed by atoms with Crippen LogP contribution in [0.25, 0.3) is 11.2 Å². The largest absolute Gasteiger partial charge is 0.471 e. The first-order valence-electron chi connectivity index (χ1n) is 18.3. The highest BCUT2D eigenvalue weighted by molar-refractivity contribution is 6.74. The molecule has 1 saturated heterocycles. The van der Waals surface area contributed by atoms with E-state index in [2.05, 4.69) is 85.2 Å². The summed E-state index contributed by atoms with van der Waals surface area (Å²) in [6.45, 7) is 25.5. The van der Waals surface area contributed by atoms with Gasteiger partial charge in [-0.2, -0.15) is 9.97 Å². The highest BCUT2D eigenvalue weighted by atomic mass is 28.4. The molecule has 1 aliphatic heterocycles. The zero-order chi connectivity index (χ0) is 36.9. The van der Waals surface area contributed by atoms with Gasteiger partial charge in [0.15, 0.2) is 27.8 Å². The zero-order valence-electron chi connectivity index (χ0n) is 32.4. The highest BCUT2D eigenvalue weighted by Gasteiger charge is 2.47. The normalized spacial score (nSPS) is 18.7. The quantitative estimate of drug-likeness (QED) is 0.0893. The van der Waals surface area contributed by atoms with Gasteiger partial charge in [-0.3, -0.25) is 4.57 Å². The summed E-state index contributed by atoms with van der Waals surface area (Å²) in [6.07, 6.45) is 2.56. The number of aromatic nitrogens is 4. The number of imidazole rings is 1. The van der Waals surface area contributed by atoms with E-state index in [0.717, 1.165) is 17.5 Å². The van der Waals surface area contributed by atoms with Crippen LogP contribution in [-0.2, 0) is 31.5 Å². The lowest BCUT2D eigenvalue weighted by molar-refractivity contribution is -0.0383. The minimum atomic E-state index is -2.11. The Hall–Kier alpha value is -3.14. The Bertz CT molecular complexity index is 1690. The van der Waals surface area contributed by atoms with E-state index in [1.165, 1.54) is 0 Å². The molecule has 5 rings (SSSR count). The van der Waals surface area contributed by atoms with Gasteiger partial charge in [-0.25, -0.2) is 4.98 Å². The molecule has 3 heterocycles. The second kappa shape index (κ2) is 16.3. The maximum atomic E-state index is 7.05. The maximum Gasteiger partial charge on any atom is 0.247 e. The molecule has 0 bridgehead atoms. The molecule has 51 heavy (non-hydrogen) atoms. The SMILES string of the molecule is CC(C)(C)[Si](C)(C)OC[C@H]1O[C@@H](n2cnc3c(OCc4ccccc4)nc(NCCCOCc4ccccc4)nc32)C[C@@H]1O[Si](C)(C)C(C)(C)C. The van der Waals surface area contributed by atoms with Gasteiger partial charge in [-0.15, -0.1) is 0 Å². The number of rotatable bonds is 16. The Balaban J connectivity index is 1.37. The van der Waals surface area contributed by atoms with Crippen molar-refractivity contribution in [3.8, 4) is 5.88 Å². The first kappa shape index (κ1) is 39.1. The molecule has 0 amide bonds. The molecule has 0 radical (unpaired) electrons. The molecule has 0 saturated carbocycles. The van der Waals surface area contributed by atoms with Crippen LogP contribution in [0.5, 0.6) is 5.88 Å². The fourth-order valence-electron chi connectivity index (χ4n) is 5.35. The Kier molecular flexibility index (Phi) is 12.5. The predicted octanol–water partition coefficient (Wildman–Crippen LogP) is 9.12. The number of benzene rings is 2. The lowest BCUT2D eigenvalue weighted by Crippen LogP contribution is -2.48. The van der Waals surface area contributed by atoms with Gasteiger partial charge >= 0.3 is 0 Å². The van der Waals surface area contributed by atoms with E-state index in [1.807, 2.05) is 53.1 Å². The third-order valence-electron chi connectivity index (χ3n) is 10.6. The van der Waals surface area contributed by atoms with Gasteiger partial charge in [0.1, 0.15) is 18.9 Å². The molecule has 10 nitrogen and oxygen atoms in total. The van der Waals surface area contributed by atoms with Crippen LogP contribution in [0.4, 0.5) is 5.95 Å². The summed E-state index contributed by atoms with van der Waals surface area (Å²) in [5.74, 6) is 0.899. The molecule has 12 heteroatoms. The molecule has 0 spiro atoms. The van der Waals surface area contributed by atoms with E-state index < -0.39 is 16.6 Å². The van der Waals surface area contributed by atoms with Crippen LogP contribution < -0.4 is 10.1 Å². The van der Waals surface area contributed by atoms with E-state index in [-0.39, 0.29) is 28.5 Å². The number of nitrogens with zero attached hydrogens (tertiary/aromatic N) is 4. The van der Waals surface area contributed by atoms with Crippen molar-refractivity contribution < 1.29 is 23.1 Å². The first-order valence-corrected chi connectivity index (χ1v) is 24.1. The second-order valence-corrected chi connectivity index (χ2v) is 26.2. The zero-order valence-corrected chi connectivity index (χ0v) is 34.4. The van der Waals surface area contributed by atoms with Gasteiger partial charge in [-0.05, 0) is 53.8 Å². The van der Waals surface area contributed by atoms with Crippen molar-refractivity contribution in [1.82, 2.24) is 19.5 Å². The maximum absolute atomic E-state index is 7.05. The monoisotopic (exact) mass is 733 g/mol. The van der Waals surface area contributed by atoms with Crippen LogP contribution >= 0.6 is 0 Å². The minimum Gasteiger partial charge on any atom is -0.471 e. The molecule has 1 fully saturated rings. The van der Waals surface area contributed by atoms with Gasteiger partial charge in [0, 0.05) is 19.6 Å². The van der Waals surface area contributed by atoms with Crippen LogP contribution in [0.3, 0.4) is 0 Å². The van der Waals surface area contributed by atoms with Crippen molar-refractivity contribution in [2.75, 3.05) is 25.1 Å². The average Bonchev–Trinajstić information content (AvgIpc) is 3.68. The molecular weight excluding hydrogens is 675 g/mol. The third-order valence-corrected chi connectivity index (χ3v) is 19.6. The third kappa shape index (κ3) is 10.1. The number of anilines is 1. The number of fused-ring (bicyclic) bond motifs is 1. The highest BCUT2D eigenvalue weighted by Crippen LogP contribution is 2.43. The summed E-state index contributed by atoms with van der Waals surface area (Å²) < 4.78 is 34.8. The molecule has 2 aromatic heterocycles. The van der Waals surface area contributed by atoms with E-state index in [4.69, 9.17) is 38.0 Å². The topological polar surface area (TPSA) is 102 Å². The van der Waals surface area contributed by atoms with Gasteiger partial charge in [0.25, 0.3) is 0 Å². The van der Waals surface area contributed by atoms with Crippen molar-refractivity contribution in [2.24, 2.45) is 0 Å². The minimum absolute atomic E-state index is 0.0585. The van der Waals surface area contributed by atoms with E-state index in [9.17, 15) is 0 Å². The first-order chi connectivity index (χ1) is 24.0. The van der Waals surface area contributed by atoms with Gasteiger partial charge in [0.05, 0.1) is 25.6 Å². The Morgan fingerprint density at radius 3 is 2.10 bits per heavy atom. The van der Waals surface area contributed by atoms with Gasteiger partial charge in [-0.1, -0.05) is 102 Å². The standard InChI is InChI=1S/C39H59N5O5Si2/c1-38(2,3)50(7,8)47-27-32-31(49-51(9,10)39(4,5)6)24-33(48-32)44-28-41-34-35(44)42-37(43-36(34)46-26-30-20-15-12-16-21-30)40-22-17-23-45-25-29-18-13-11-14-19-29/h11-16,18-21,28,31-33H,17,22-27H2,1-10H3,(H,40,42,43)/t31-,32+,33+/m0/s1. The summed E-state index contributed by atoms with van der Waals surface area (Å²) in [7, 11) is -4.13. The fourth-order valence-corrected chi connectivity index (χ4v) is 7.73. The van der Waals surface area contributed by atoms with Crippen LogP contribution in [0, 0.1) is 0 Å². The Morgan fingerprint density at radius 1 is 0.843 bits per heavy atom. The number of hydrogen-bond donors (Lipinski definition) is 1. The van der Waals surface area contributed by atoms with E-state index in [1.54, 1.807) is 6.33 Å². The lowest BCUT2D eigenvalue weighted by Gasteiger charge is -2.40. The lowest BCUT2D eigenvalue weighted by atomic mass is 10.2. The molecule has 4 aromatic rings. The summed E-state index contributed by atoms with van der Waals surface area (Å²) in [5.41, 5.74) is 3.45. The Morgan fingerprint density at radius 2 is 1.47 bits per heavy atom. The van der Waals surface area contributed by atoms with Gasteiger partial charge in [0.2, 0.25) is 11.8 Å². The predicted molar refractivity (Wildman–Crippen MR) is 209 cm³/mol. The Labute approximate surface area is 306 Å². The van der Waals surface area contributed by atoms with Crippen LogP contribution in [0.15, 0.2) is 67.0 Å². The molecular formula is C39H59N5O5Si2.